The van der Waals surface area contributed by atoms with Crippen molar-refractivity contribution in [1.29, 1.82) is 0 Å². The summed E-state index contributed by atoms with van der Waals surface area (Å²) in [6.45, 7) is 5.25. The number of rotatable bonds is 3. The van der Waals surface area contributed by atoms with Gasteiger partial charge in [-0.25, -0.2) is 0 Å². The molecular weight excluding hydrogens is 302 g/mol. The van der Waals surface area contributed by atoms with Crippen LogP contribution in [-0.4, -0.2) is 43.7 Å². The van der Waals surface area contributed by atoms with Crippen LogP contribution in [0.2, 0.25) is 0 Å². The first-order valence-corrected chi connectivity index (χ1v) is 7.83. The Labute approximate surface area is 124 Å². The van der Waals surface area contributed by atoms with Gasteiger partial charge in [-0.2, -0.15) is 0 Å². The Morgan fingerprint density at radius 1 is 1.42 bits per heavy atom. The third-order valence-electron chi connectivity index (χ3n) is 4.12. The number of halogens is 1. The maximum Gasteiger partial charge on any atom is 0.0429 e. The lowest BCUT2D eigenvalue weighted by molar-refractivity contribution is 0.253. The van der Waals surface area contributed by atoms with Gasteiger partial charge < -0.3 is 15.5 Å². The minimum atomic E-state index is 0.509. The molecule has 1 fully saturated rings. The van der Waals surface area contributed by atoms with Gasteiger partial charge in [-0.3, -0.25) is 0 Å². The molecule has 4 heteroatoms. The average molecular weight is 326 g/mol. The maximum absolute atomic E-state index is 5.81. The number of benzene rings is 1. The molecule has 2 N–H and O–H groups in total. The van der Waals surface area contributed by atoms with E-state index in [0.717, 1.165) is 30.5 Å². The van der Waals surface area contributed by atoms with Crippen molar-refractivity contribution in [2.75, 3.05) is 31.6 Å². The van der Waals surface area contributed by atoms with E-state index in [4.69, 9.17) is 5.73 Å². The Kier molecular flexibility index (Phi) is 5.25. The highest BCUT2D eigenvalue weighted by Crippen LogP contribution is 2.26. The van der Waals surface area contributed by atoms with Gasteiger partial charge in [-0.1, -0.05) is 22.0 Å². The molecule has 0 aliphatic carbocycles. The predicted molar refractivity (Wildman–Crippen MR) is 85.7 cm³/mol. The normalized spacial score (nSPS) is 25.4. The minimum absolute atomic E-state index is 0.509. The van der Waals surface area contributed by atoms with E-state index in [9.17, 15) is 0 Å². The fourth-order valence-electron chi connectivity index (χ4n) is 2.77. The predicted octanol–water partition coefficient (Wildman–Crippen LogP) is 2.70. The van der Waals surface area contributed by atoms with Gasteiger partial charge in [0, 0.05) is 35.3 Å². The standard InChI is InChI=1S/C15H24BrN3/c1-12-7-9-19(14-5-3-4-13(16)10-14)15(6-8-17)11-18(12)2/h3-5,10,12,15H,6-9,11,17H2,1-2H3. The summed E-state index contributed by atoms with van der Waals surface area (Å²) in [5, 5.41) is 0. The van der Waals surface area contributed by atoms with Gasteiger partial charge in [0.15, 0.2) is 0 Å². The minimum Gasteiger partial charge on any atom is -0.367 e. The topological polar surface area (TPSA) is 32.5 Å². The van der Waals surface area contributed by atoms with Crippen LogP contribution >= 0.6 is 15.9 Å². The molecule has 106 valence electrons. The molecule has 1 aliphatic rings. The van der Waals surface area contributed by atoms with Gasteiger partial charge in [-0.05, 0) is 51.6 Å². The second-order valence-electron chi connectivity index (χ2n) is 5.48. The number of likely N-dealkylation sites (N-methyl/N-ethyl adjacent to an activating group) is 1. The Hall–Kier alpha value is -0.580. The van der Waals surface area contributed by atoms with Crippen molar-refractivity contribution in [2.24, 2.45) is 5.73 Å². The molecule has 0 spiro atoms. The van der Waals surface area contributed by atoms with E-state index >= 15 is 0 Å². The van der Waals surface area contributed by atoms with E-state index in [0.29, 0.717) is 12.1 Å². The van der Waals surface area contributed by atoms with Crippen LogP contribution in [0.25, 0.3) is 0 Å². The van der Waals surface area contributed by atoms with Gasteiger partial charge in [0.1, 0.15) is 0 Å². The Morgan fingerprint density at radius 3 is 2.89 bits per heavy atom. The first-order chi connectivity index (χ1) is 9.11. The summed E-state index contributed by atoms with van der Waals surface area (Å²) in [7, 11) is 2.22. The summed E-state index contributed by atoms with van der Waals surface area (Å²) >= 11 is 3.57. The monoisotopic (exact) mass is 325 g/mol. The summed E-state index contributed by atoms with van der Waals surface area (Å²) in [5.41, 5.74) is 7.11. The van der Waals surface area contributed by atoms with E-state index in [2.05, 4.69) is 64.0 Å². The van der Waals surface area contributed by atoms with Crippen molar-refractivity contribution >= 4 is 21.6 Å². The molecule has 1 aromatic rings. The smallest absolute Gasteiger partial charge is 0.0429 e. The van der Waals surface area contributed by atoms with Crippen molar-refractivity contribution in [3.63, 3.8) is 0 Å². The first kappa shape index (κ1) is 14.8. The number of nitrogens with two attached hydrogens (primary N) is 1. The number of hydrogen-bond acceptors (Lipinski definition) is 3. The zero-order valence-electron chi connectivity index (χ0n) is 11.8. The fourth-order valence-corrected chi connectivity index (χ4v) is 3.16. The zero-order valence-corrected chi connectivity index (χ0v) is 13.4. The van der Waals surface area contributed by atoms with E-state index in [1.165, 1.54) is 12.1 Å². The molecule has 0 radical (unpaired) electrons. The van der Waals surface area contributed by atoms with Crippen molar-refractivity contribution in [1.82, 2.24) is 4.90 Å². The number of anilines is 1. The van der Waals surface area contributed by atoms with Gasteiger partial charge in [-0.15, -0.1) is 0 Å². The SMILES string of the molecule is CC1CCN(c2cccc(Br)c2)C(CCN)CN1C. The highest BCUT2D eigenvalue weighted by Gasteiger charge is 2.26. The zero-order chi connectivity index (χ0) is 13.8. The fraction of sp³-hybridized carbons (Fsp3) is 0.600. The maximum atomic E-state index is 5.81. The lowest BCUT2D eigenvalue weighted by Crippen LogP contribution is -2.42. The third-order valence-corrected chi connectivity index (χ3v) is 4.61. The van der Waals surface area contributed by atoms with Crippen molar-refractivity contribution < 1.29 is 0 Å². The molecule has 0 saturated carbocycles. The van der Waals surface area contributed by atoms with Crippen LogP contribution < -0.4 is 10.6 Å². The molecule has 3 nitrogen and oxygen atoms in total. The summed E-state index contributed by atoms with van der Waals surface area (Å²) < 4.78 is 1.14. The molecule has 1 aromatic carbocycles. The van der Waals surface area contributed by atoms with Crippen molar-refractivity contribution in [3.8, 4) is 0 Å². The van der Waals surface area contributed by atoms with Crippen LogP contribution in [0.5, 0.6) is 0 Å². The van der Waals surface area contributed by atoms with E-state index < -0.39 is 0 Å². The summed E-state index contributed by atoms with van der Waals surface area (Å²) in [5.74, 6) is 0. The van der Waals surface area contributed by atoms with E-state index in [-0.39, 0.29) is 0 Å². The molecule has 2 rings (SSSR count). The van der Waals surface area contributed by atoms with Gasteiger partial charge in [0.05, 0.1) is 0 Å². The molecule has 2 atom stereocenters. The molecule has 1 heterocycles. The molecule has 0 aromatic heterocycles. The summed E-state index contributed by atoms with van der Waals surface area (Å²) in [4.78, 5) is 4.98. The Bertz CT molecular complexity index is 410. The Balaban J connectivity index is 2.24. The molecule has 1 saturated heterocycles. The van der Waals surface area contributed by atoms with E-state index in [1.807, 2.05) is 0 Å². The van der Waals surface area contributed by atoms with Gasteiger partial charge in [0.25, 0.3) is 0 Å². The second-order valence-corrected chi connectivity index (χ2v) is 6.40. The lowest BCUT2D eigenvalue weighted by atomic mass is 10.1. The average Bonchev–Trinajstić information content (AvgIpc) is 2.51. The molecule has 1 aliphatic heterocycles. The summed E-state index contributed by atoms with van der Waals surface area (Å²) in [6.07, 6.45) is 2.24. The number of nitrogens with zero attached hydrogens (tertiary/aromatic N) is 2. The molecular formula is C15H24BrN3. The van der Waals surface area contributed by atoms with Gasteiger partial charge >= 0.3 is 0 Å². The first-order valence-electron chi connectivity index (χ1n) is 7.04. The number of hydrogen-bond donors (Lipinski definition) is 1. The third kappa shape index (κ3) is 3.71. The van der Waals surface area contributed by atoms with Gasteiger partial charge in [0.2, 0.25) is 0 Å². The van der Waals surface area contributed by atoms with E-state index in [1.54, 1.807) is 0 Å². The van der Waals surface area contributed by atoms with Crippen LogP contribution in [0.4, 0.5) is 5.69 Å². The molecule has 19 heavy (non-hydrogen) atoms. The summed E-state index contributed by atoms with van der Waals surface area (Å²) in [6, 6.07) is 9.74. The molecule has 2 unspecified atom stereocenters. The largest absolute Gasteiger partial charge is 0.367 e. The molecule has 0 amide bonds. The van der Waals surface area contributed by atoms with Crippen molar-refractivity contribution in [2.45, 2.75) is 31.8 Å². The highest BCUT2D eigenvalue weighted by molar-refractivity contribution is 9.10. The quantitative estimate of drug-likeness (QED) is 0.927. The Morgan fingerprint density at radius 2 is 2.21 bits per heavy atom. The molecule has 0 bridgehead atoms. The van der Waals surface area contributed by atoms with Crippen molar-refractivity contribution in [3.05, 3.63) is 28.7 Å². The van der Waals surface area contributed by atoms with Crippen LogP contribution in [0.3, 0.4) is 0 Å². The van der Waals surface area contributed by atoms with Crippen LogP contribution in [0.1, 0.15) is 19.8 Å². The van der Waals surface area contributed by atoms with Crippen LogP contribution in [-0.2, 0) is 0 Å². The van der Waals surface area contributed by atoms with Crippen LogP contribution in [0.15, 0.2) is 28.7 Å². The van der Waals surface area contributed by atoms with Crippen LogP contribution in [0, 0.1) is 0 Å². The highest BCUT2D eigenvalue weighted by atomic mass is 79.9. The lowest BCUT2D eigenvalue weighted by Gasteiger charge is -2.33. The second kappa shape index (κ2) is 6.73.